The number of nitrogens with one attached hydrogen (secondary N) is 1. The number of ether oxygens (including phenoxy) is 1. The Balaban J connectivity index is 1.82. The Morgan fingerprint density at radius 3 is 2.75 bits per heavy atom. The molecule has 0 spiro atoms. The monoisotopic (exact) mass is 353 g/mol. The molecule has 1 saturated carbocycles. The summed E-state index contributed by atoms with van der Waals surface area (Å²) in [6.07, 6.45) is 1.95. The number of hydrogen-bond acceptors (Lipinski definition) is 3. The average Bonchev–Trinajstić information content (AvgIpc) is 3.37. The van der Waals surface area contributed by atoms with Gasteiger partial charge in [0.1, 0.15) is 0 Å². The Bertz CT molecular complexity index is 518. The van der Waals surface area contributed by atoms with Gasteiger partial charge in [0, 0.05) is 31.8 Å². The van der Waals surface area contributed by atoms with E-state index in [1.165, 1.54) is 12.8 Å². The normalized spacial score (nSPS) is 16.1. The van der Waals surface area contributed by atoms with Gasteiger partial charge in [-0.15, -0.1) is 0 Å². The van der Waals surface area contributed by atoms with E-state index in [0.29, 0.717) is 19.1 Å². The van der Waals surface area contributed by atoms with Crippen LogP contribution in [0.5, 0.6) is 0 Å². The van der Waals surface area contributed by atoms with Crippen molar-refractivity contribution in [3.63, 3.8) is 0 Å². The first-order valence-corrected chi connectivity index (χ1v) is 8.96. The highest BCUT2D eigenvalue weighted by Gasteiger charge is 2.21. The maximum atomic E-state index is 10.0. The third kappa shape index (κ3) is 7.07. The molecule has 0 bridgehead atoms. The quantitative estimate of drug-likeness (QED) is 0.529. The zero-order valence-corrected chi connectivity index (χ0v) is 15.3. The molecular formula is C18H28ClN3O2. The molecule has 5 nitrogen and oxygen atoms in total. The zero-order chi connectivity index (χ0) is 17.4. The first-order chi connectivity index (χ1) is 11.6. The van der Waals surface area contributed by atoms with Crippen LogP contribution in [0.4, 0.5) is 0 Å². The minimum atomic E-state index is -0.568. The molecule has 0 radical (unpaired) electrons. The Morgan fingerprint density at radius 2 is 2.12 bits per heavy atom. The Morgan fingerprint density at radius 1 is 1.42 bits per heavy atom. The van der Waals surface area contributed by atoms with Crippen molar-refractivity contribution in [3.05, 3.63) is 34.9 Å². The van der Waals surface area contributed by atoms with E-state index < -0.39 is 6.10 Å². The lowest BCUT2D eigenvalue weighted by Crippen LogP contribution is -2.39. The van der Waals surface area contributed by atoms with E-state index in [2.05, 4.69) is 10.3 Å². The number of rotatable bonds is 9. The molecule has 1 unspecified atom stereocenters. The van der Waals surface area contributed by atoms with Crippen LogP contribution in [0.25, 0.3) is 0 Å². The lowest BCUT2D eigenvalue weighted by Gasteiger charge is -2.22. The Labute approximate surface area is 149 Å². The van der Waals surface area contributed by atoms with E-state index in [1.54, 1.807) is 0 Å². The van der Waals surface area contributed by atoms with Crippen molar-refractivity contribution in [2.24, 2.45) is 10.9 Å². The van der Waals surface area contributed by atoms with Crippen molar-refractivity contribution in [3.8, 4) is 0 Å². The van der Waals surface area contributed by atoms with Gasteiger partial charge in [-0.1, -0.05) is 23.7 Å². The Hall–Kier alpha value is -1.30. The van der Waals surface area contributed by atoms with Crippen LogP contribution in [-0.2, 0) is 11.3 Å². The van der Waals surface area contributed by atoms with Gasteiger partial charge in [0.2, 0.25) is 0 Å². The highest BCUT2D eigenvalue weighted by Crippen LogP contribution is 2.28. The largest absolute Gasteiger partial charge is 0.389 e. The van der Waals surface area contributed by atoms with Gasteiger partial charge in [0.05, 0.1) is 19.3 Å². The van der Waals surface area contributed by atoms with Gasteiger partial charge in [-0.2, -0.15) is 0 Å². The molecular weight excluding hydrogens is 326 g/mol. The summed E-state index contributed by atoms with van der Waals surface area (Å²) < 4.78 is 5.51. The highest BCUT2D eigenvalue weighted by atomic mass is 35.5. The van der Waals surface area contributed by atoms with E-state index in [4.69, 9.17) is 16.3 Å². The maximum absolute atomic E-state index is 10.0. The maximum Gasteiger partial charge on any atom is 0.194 e. The molecule has 0 heterocycles. The molecule has 1 aliphatic rings. The molecule has 2 rings (SSSR count). The van der Waals surface area contributed by atoms with Crippen molar-refractivity contribution in [1.29, 1.82) is 0 Å². The van der Waals surface area contributed by atoms with E-state index in [0.717, 1.165) is 36.2 Å². The smallest absolute Gasteiger partial charge is 0.194 e. The van der Waals surface area contributed by atoms with Crippen LogP contribution in [0.2, 0.25) is 5.02 Å². The van der Waals surface area contributed by atoms with Crippen LogP contribution in [0.3, 0.4) is 0 Å². The lowest BCUT2D eigenvalue weighted by atomic mass is 10.2. The molecule has 2 N–H and O–H groups in total. The summed E-state index contributed by atoms with van der Waals surface area (Å²) in [5.41, 5.74) is 1.15. The third-order valence-corrected chi connectivity index (χ3v) is 4.09. The number of guanidine groups is 1. The van der Waals surface area contributed by atoms with Crippen molar-refractivity contribution < 1.29 is 9.84 Å². The summed E-state index contributed by atoms with van der Waals surface area (Å²) >= 11 is 5.92. The molecule has 1 aromatic carbocycles. The first-order valence-electron chi connectivity index (χ1n) is 8.58. The number of nitrogens with zero attached hydrogens (tertiary/aromatic N) is 2. The van der Waals surface area contributed by atoms with Crippen LogP contribution in [-0.4, -0.2) is 55.4 Å². The topological polar surface area (TPSA) is 57.1 Å². The van der Waals surface area contributed by atoms with Crippen molar-refractivity contribution in [2.45, 2.75) is 32.4 Å². The fraction of sp³-hybridized carbons (Fsp3) is 0.611. The molecule has 1 aliphatic carbocycles. The van der Waals surface area contributed by atoms with Crippen molar-refractivity contribution in [1.82, 2.24) is 10.2 Å². The van der Waals surface area contributed by atoms with Crippen molar-refractivity contribution >= 4 is 17.6 Å². The molecule has 1 atom stereocenters. The molecule has 24 heavy (non-hydrogen) atoms. The summed E-state index contributed by atoms with van der Waals surface area (Å²) in [5.74, 6) is 1.48. The van der Waals surface area contributed by atoms with Crippen LogP contribution in [0.1, 0.15) is 25.3 Å². The summed E-state index contributed by atoms with van der Waals surface area (Å²) in [4.78, 5) is 6.55. The second-order valence-corrected chi connectivity index (χ2v) is 6.75. The third-order valence-electron chi connectivity index (χ3n) is 3.84. The number of benzene rings is 1. The average molecular weight is 354 g/mol. The van der Waals surface area contributed by atoms with Crippen LogP contribution < -0.4 is 5.32 Å². The number of aliphatic imine (C=N–C) groups is 1. The van der Waals surface area contributed by atoms with Gasteiger partial charge in [-0.3, -0.25) is 4.99 Å². The van der Waals surface area contributed by atoms with Gasteiger partial charge in [-0.25, -0.2) is 0 Å². The van der Waals surface area contributed by atoms with E-state index in [-0.39, 0.29) is 0 Å². The fourth-order valence-corrected chi connectivity index (χ4v) is 2.43. The molecule has 1 fully saturated rings. The standard InChI is InChI=1S/C18H28ClN3O2/c1-3-20-18(21-10-17(23)13-24-12-15-4-5-15)22(2)11-14-6-8-16(19)9-7-14/h6-9,15,17,23H,3-5,10-13H2,1-2H3,(H,20,21). The summed E-state index contributed by atoms with van der Waals surface area (Å²) in [7, 11) is 1.98. The predicted molar refractivity (Wildman–Crippen MR) is 98.4 cm³/mol. The predicted octanol–water partition coefficient (Wildman–Crippen LogP) is 2.52. The van der Waals surface area contributed by atoms with Gasteiger partial charge in [0.15, 0.2) is 5.96 Å². The fourth-order valence-electron chi connectivity index (χ4n) is 2.31. The highest BCUT2D eigenvalue weighted by molar-refractivity contribution is 6.30. The molecule has 134 valence electrons. The van der Waals surface area contributed by atoms with Crippen LogP contribution in [0, 0.1) is 5.92 Å². The van der Waals surface area contributed by atoms with Gasteiger partial charge in [-0.05, 0) is 43.4 Å². The van der Waals surface area contributed by atoms with Gasteiger partial charge < -0.3 is 20.1 Å². The van der Waals surface area contributed by atoms with Crippen molar-refractivity contribution in [2.75, 3.05) is 33.4 Å². The molecule has 0 aromatic heterocycles. The summed E-state index contributed by atoms with van der Waals surface area (Å²) in [6.45, 7) is 4.96. The van der Waals surface area contributed by atoms with Crippen LogP contribution >= 0.6 is 11.6 Å². The lowest BCUT2D eigenvalue weighted by molar-refractivity contribution is 0.0367. The molecule has 0 aliphatic heterocycles. The van der Waals surface area contributed by atoms with Gasteiger partial charge >= 0.3 is 0 Å². The van der Waals surface area contributed by atoms with Crippen LogP contribution in [0.15, 0.2) is 29.3 Å². The minimum absolute atomic E-state index is 0.331. The number of hydrogen-bond donors (Lipinski definition) is 2. The zero-order valence-electron chi connectivity index (χ0n) is 14.5. The van der Waals surface area contributed by atoms with E-state index in [1.807, 2.05) is 43.1 Å². The summed E-state index contributed by atoms with van der Waals surface area (Å²) in [6, 6.07) is 7.78. The first kappa shape index (κ1) is 19.0. The van der Waals surface area contributed by atoms with E-state index >= 15 is 0 Å². The molecule has 0 saturated heterocycles. The molecule has 0 amide bonds. The summed E-state index contributed by atoms with van der Waals surface area (Å²) in [5, 5.41) is 14.0. The van der Waals surface area contributed by atoms with E-state index in [9.17, 15) is 5.11 Å². The van der Waals surface area contributed by atoms with Gasteiger partial charge in [0.25, 0.3) is 0 Å². The number of aliphatic hydroxyl groups excluding tert-OH is 1. The Kier molecular flexibility index (Phi) is 7.82. The molecule has 1 aromatic rings. The second-order valence-electron chi connectivity index (χ2n) is 6.31. The molecule has 6 heteroatoms. The second kappa shape index (κ2) is 9.87. The number of halogens is 1. The SMILES string of the molecule is CCNC(=NCC(O)COCC1CC1)N(C)Cc1ccc(Cl)cc1. The minimum Gasteiger partial charge on any atom is -0.389 e. The number of aliphatic hydroxyl groups is 1.